The number of nitrogens with one attached hydrogen (secondary N) is 1. The molecule has 3 rings (SSSR count). The molecule has 3 aromatic rings. The molecule has 0 heterocycles. The van der Waals surface area contributed by atoms with Crippen molar-refractivity contribution in [1.29, 1.82) is 0 Å². The maximum Gasteiger partial charge on any atom is 0.255 e. The largest absolute Gasteiger partial charge is 0.339 e. The Labute approximate surface area is 197 Å². The number of nitrogens with zero attached hydrogens (tertiary/aromatic N) is 1. The first-order valence-corrected chi connectivity index (χ1v) is 12.7. The third kappa shape index (κ3) is 5.34. The van der Waals surface area contributed by atoms with Gasteiger partial charge in [-0.25, -0.2) is 13.1 Å². The Balaban J connectivity index is 2.26. The first kappa shape index (κ1) is 24.7. The molecule has 0 radical (unpaired) electrons. The Hall–Kier alpha value is -2.96. The van der Waals surface area contributed by atoms with E-state index in [1.54, 1.807) is 11.0 Å². The van der Waals surface area contributed by atoms with Crippen LogP contribution in [0.3, 0.4) is 0 Å². The monoisotopic (exact) mass is 464 g/mol. The Morgan fingerprint density at radius 2 is 1.45 bits per heavy atom. The van der Waals surface area contributed by atoms with Crippen LogP contribution in [0.15, 0.2) is 77.7 Å². The summed E-state index contributed by atoms with van der Waals surface area (Å²) in [4.78, 5) is 15.1. The molecule has 0 unspecified atom stereocenters. The Kier molecular flexibility index (Phi) is 7.40. The van der Waals surface area contributed by atoms with E-state index in [1.807, 2.05) is 101 Å². The van der Waals surface area contributed by atoms with Crippen LogP contribution < -0.4 is 4.72 Å². The van der Waals surface area contributed by atoms with Gasteiger partial charge in [0.1, 0.15) is 4.90 Å². The molecule has 0 spiro atoms. The van der Waals surface area contributed by atoms with Gasteiger partial charge in [-0.2, -0.15) is 0 Å². The minimum absolute atomic E-state index is 0.0141. The molecule has 0 aliphatic carbocycles. The molecule has 3 aromatic carbocycles. The van der Waals surface area contributed by atoms with Gasteiger partial charge in [0.15, 0.2) is 0 Å². The minimum atomic E-state index is -4.08. The third-order valence-electron chi connectivity index (χ3n) is 5.75. The zero-order valence-corrected chi connectivity index (χ0v) is 20.7. The van der Waals surface area contributed by atoms with Crippen LogP contribution in [0.1, 0.15) is 49.2 Å². The van der Waals surface area contributed by atoms with Gasteiger partial charge in [0.05, 0.1) is 11.1 Å². The predicted octanol–water partition coefficient (Wildman–Crippen LogP) is 5.36. The lowest BCUT2D eigenvalue weighted by Crippen LogP contribution is -2.42. The standard InChI is InChI=1S/C27H32N2O3S/c1-6-29(7-2)26(30)24-19-20(3)18-23(21-14-10-8-11-15-21)25(24)33(31,32)28-27(4,5)22-16-12-9-13-17-22/h8-19,28H,6-7H2,1-5H3. The first-order chi connectivity index (χ1) is 15.6. The molecule has 0 saturated heterocycles. The summed E-state index contributed by atoms with van der Waals surface area (Å²) in [5, 5.41) is 0. The average Bonchev–Trinajstić information content (AvgIpc) is 2.79. The fraction of sp³-hybridized carbons (Fsp3) is 0.296. The summed E-state index contributed by atoms with van der Waals surface area (Å²) >= 11 is 0. The van der Waals surface area contributed by atoms with E-state index in [1.165, 1.54) is 0 Å². The Bertz CT molecular complexity index is 1220. The summed E-state index contributed by atoms with van der Waals surface area (Å²) in [6.45, 7) is 10.3. The number of sulfonamides is 1. The summed E-state index contributed by atoms with van der Waals surface area (Å²) in [7, 11) is -4.08. The summed E-state index contributed by atoms with van der Waals surface area (Å²) < 4.78 is 30.8. The van der Waals surface area contributed by atoms with E-state index < -0.39 is 15.6 Å². The molecule has 5 nitrogen and oxygen atoms in total. The summed E-state index contributed by atoms with van der Waals surface area (Å²) in [6.07, 6.45) is 0. The molecule has 0 aliphatic heterocycles. The van der Waals surface area contributed by atoms with Gasteiger partial charge in [-0.15, -0.1) is 0 Å². The van der Waals surface area contributed by atoms with Crippen molar-refractivity contribution >= 4 is 15.9 Å². The molecule has 1 N–H and O–H groups in total. The van der Waals surface area contributed by atoms with Gasteiger partial charge in [-0.3, -0.25) is 4.79 Å². The SMILES string of the molecule is CCN(CC)C(=O)c1cc(C)cc(-c2ccccc2)c1S(=O)(=O)NC(C)(C)c1ccccc1. The lowest BCUT2D eigenvalue weighted by atomic mass is 9.96. The van der Waals surface area contributed by atoms with Gasteiger partial charge in [-0.1, -0.05) is 66.7 Å². The van der Waals surface area contributed by atoms with Gasteiger partial charge in [0.25, 0.3) is 5.91 Å². The zero-order valence-electron chi connectivity index (χ0n) is 19.9. The highest BCUT2D eigenvalue weighted by Crippen LogP contribution is 2.34. The van der Waals surface area contributed by atoms with Gasteiger partial charge < -0.3 is 4.90 Å². The van der Waals surface area contributed by atoms with E-state index in [-0.39, 0.29) is 16.4 Å². The second kappa shape index (κ2) is 9.89. The van der Waals surface area contributed by atoms with Crippen LogP contribution in [-0.4, -0.2) is 32.3 Å². The van der Waals surface area contributed by atoms with Crippen molar-refractivity contribution < 1.29 is 13.2 Å². The average molecular weight is 465 g/mol. The van der Waals surface area contributed by atoms with Crippen molar-refractivity contribution in [3.63, 3.8) is 0 Å². The second-order valence-corrected chi connectivity index (χ2v) is 10.2. The number of amides is 1. The summed E-state index contributed by atoms with van der Waals surface area (Å²) in [5.74, 6) is -0.293. The second-order valence-electron chi connectivity index (χ2n) is 8.63. The number of hydrogen-bond acceptors (Lipinski definition) is 3. The van der Waals surface area contributed by atoms with Gasteiger partial charge >= 0.3 is 0 Å². The molecule has 0 bridgehead atoms. The van der Waals surface area contributed by atoms with E-state index in [0.29, 0.717) is 18.7 Å². The lowest BCUT2D eigenvalue weighted by molar-refractivity contribution is 0.0769. The maximum atomic E-state index is 14.0. The zero-order chi connectivity index (χ0) is 24.2. The first-order valence-electron chi connectivity index (χ1n) is 11.2. The highest BCUT2D eigenvalue weighted by atomic mass is 32.2. The van der Waals surface area contributed by atoms with Crippen molar-refractivity contribution in [3.05, 3.63) is 89.5 Å². The molecular weight excluding hydrogens is 432 g/mol. The van der Waals surface area contributed by atoms with E-state index in [0.717, 1.165) is 16.7 Å². The van der Waals surface area contributed by atoms with Crippen LogP contribution in [0.5, 0.6) is 0 Å². The number of benzene rings is 3. The quantitative estimate of drug-likeness (QED) is 0.488. The summed E-state index contributed by atoms with van der Waals surface area (Å²) in [5.41, 5.74) is 2.22. The van der Waals surface area contributed by atoms with E-state index in [4.69, 9.17) is 0 Å². The number of hydrogen-bond donors (Lipinski definition) is 1. The molecular formula is C27H32N2O3S. The van der Waals surface area contributed by atoms with Crippen LogP contribution >= 0.6 is 0 Å². The molecule has 0 fully saturated rings. The highest BCUT2D eigenvalue weighted by molar-refractivity contribution is 7.89. The number of rotatable bonds is 8. The minimum Gasteiger partial charge on any atom is -0.339 e. The van der Waals surface area contributed by atoms with Gasteiger partial charge in [0.2, 0.25) is 10.0 Å². The molecule has 0 saturated carbocycles. The highest BCUT2D eigenvalue weighted by Gasteiger charge is 2.34. The molecule has 1 amide bonds. The smallest absolute Gasteiger partial charge is 0.255 e. The van der Waals surface area contributed by atoms with Crippen molar-refractivity contribution in [3.8, 4) is 11.1 Å². The fourth-order valence-electron chi connectivity index (χ4n) is 4.04. The van der Waals surface area contributed by atoms with E-state index >= 15 is 0 Å². The third-order valence-corrected chi connectivity index (χ3v) is 7.51. The molecule has 0 aliphatic rings. The van der Waals surface area contributed by atoms with Gasteiger partial charge in [0, 0.05) is 18.7 Å². The van der Waals surface area contributed by atoms with Crippen molar-refractivity contribution in [2.45, 2.75) is 45.1 Å². The molecule has 0 atom stereocenters. The lowest BCUT2D eigenvalue weighted by Gasteiger charge is -2.29. The predicted molar refractivity (Wildman–Crippen MR) is 134 cm³/mol. The van der Waals surface area contributed by atoms with Crippen LogP contribution in [0.25, 0.3) is 11.1 Å². The van der Waals surface area contributed by atoms with E-state index in [2.05, 4.69) is 4.72 Å². The van der Waals surface area contributed by atoms with Gasteiger partial charge in [-0.05, 0) is 57.4 Å². The topological polar surface area (TPSA) is 66.5 Å². The number of carbonyl (C=O) groups excluding carboxylic acids is 1. The van der Waals surface area contributed by atoms with Crippen molar-refractivity contribution in [2.75, 3.05) is 13.1 Å². The van der Waals surface area contributed by atoms with Crippen LogP contribution in [0, 0.1) is 6.92 Å². The number of carbonyl (C=O) groups is 1. The normalized spacial score (nSPS) is 11.9. The molecule has 0 aromatic heterocycles. The molecule has 6 heteroatoms. The van der Waals surface area contributed by atoms with E-state index in [9.17, 15) is 13.2 Å². The Morgan fingerprint density at radius 1 is 0.909 bits per heavy atom. The fourth-order valence-corrected chi connectivity index (χ4v) is 5.83. The van der Waals surface area contributed by atoms with Crippen molar-refractivity contribution in [1.82, 2.24) is 9.62 Å². The van der Waals surface area contributed by atoms with Crippen LogP contribution in [-0.2, 0) is 15.6 Å². The Morgan fingerprint density at radius 3 is 2.00 bits per heavy atom. The summed E-state index contributed by atoms with van der Waals surface area (Å²) in [6, 6.07) is 22.3. The molecule has 174 valence electrons. The van der Waals surface area contributed by atoms with Crippen molar-refractivity contribution in [2.24, 2.45) is 0 Å². The maximum absolute atomic E-state index is 14.0. The number of aryl methyl sites for hydroxylation is 1. The van der Waals surface area contributed by atoms with Crippen LogP contribution in [0.2, 0.25) is 0 Å². The molecule has 33 heavy (non-hydrogen) atoms. The van der Waals surface area contributed by atoms with Crippen LogP contribution in [0.4, 0.5) is 0 Å².